The van der Waals surface area contributed by atoms with Crippen molar-refractivity contribution in [1.29, 1.82) is 0 Å². The summed E-state index contributed by atoms with van der Waals surface area (Å²) in [4.78, 5) is 12.6. The van der Waals surface area contributed by atoms with Gasteiger partial charge in [-0.15, -0.1) is 11.3 Å². The Morgan fingerprint density at radius 3 is 2.60 bits per heavy atom. The van der Waals surface area contributed by atoms with Gasteiger partial charge in [-0.25, -0.2) is 4.79 Å². The minimum Gasteiger partial charge on any atom is -0.386 e. The normalized spacial score (nSPS) is 11.9. The summed E-state index contributed by atoms with van der Waals surface area (Å²) in [7, 11) is 0. The summed E-state index contributed by atoms with van der Waals surface area (Å²) >= 11 is 1.47. The summed E-state index contributed by atoms with van der Waals surface area (Å²) in [6.45, 7) is 4.16. The molecule has 2 rings (SSSR count). The van der Waals surface area contributed by atoms with Gasteiger partial charge in [0.1, 0.15) is 6.10 Å². The second-order valence-electron chi connectivity index (χ2n) is 4.74. The Morgan fingerprint density at radius 1 is 1.30 bits per heavy atom. The number of carbonyl (C=O) groups excluding carboxylic acids is 1. The molecule has 0 bridgehead atoms. The molecule has 1 heterocycles. The highest BCUT2D eigenvalue weighted by Crippen LogP contribution is 2.18. The largest absolute Gasteiger partial charge is 0.386 e. The third-order valence-corrected chi connectivity index (χ3v) is 3.78. The Labute approximate surface area is 122 Å². The first-order chi connectivity index (χ1) is 9.54. The van der Waals surface area contributed by atoms with Crippen molar-refractivity contribution in [3.05, 3.63) is 51.7 Å². The lowest BCUT2D eigenvalue weighted by Crippen LogP contribution is -2.32. The first-order valence-corrected chi connectivity index (χ1v) is 7.27. The number of aliphatic hydroxyl groups is 1. The van der Waals surface area contributed by atoms with Gasteiger partial charge in [-0.1, -0.05) is 12.1 Å². The molecule has 0 radical (unpaired) electrons. The lowest BCUT2D eigenvalue weighted by Gasteiger charge is -2.12. The number of benzene rings is 1. The van der Waals surface area contributed by atoms with Crippen LogP contribution in [0.1, 0.15) is 22.1 Å². The van der Waals surface area contributed by atoms with E-state index in [-0.39, 0.29) is 12.6 Å². The number of thiophene rings is 1. The molecule has 3 N–H and O–H groups in total. The fourth-order valence-electron chi connectivity index (χ4n) is 1.99. The predicted octanol–water partition coefficient (Wildman–Crippen LogP) is 3.22. The number of hydrogen-bond donors (Lipinski definition) is 3. The van der Waals surface area contributed by atoms with E-state index >= 15 is 0 Å². The quantitative estimate of drug-likeness (QED) is 0.809. The SMILES string of the molecule is Cc1cc(C)cc(NC(=O)NCC(O)c2cccs2)c1. The van der Waals surface area contributed by atoms with E-state index in [1.54, 1.807) is 0 Å². The number of hydrogen-bond acceptors (Lipinski definition) is 3. The summed E-state index contributed by atoms with van der Waals surface area (Å²) < 4.78 is 0. The van der Waals surface area contributed by atoms with E-state index in [9.17, 15) is 9.90 Å². The molecule has 1 unspecified atom stereocenters. The Morgan fingerprint density at radius 2 is 2.00 bits per heavy atom. The third kappa shape index (κ3) is 4.08. The molecule has 2 aromatic rings. The van der Waals surface area contributed by atoms with E-state index in [4.69, 9.17) is 0 Å². The molecule has 0 aliphatic rings. The van der Waals surface area contributed by atoms with Crippen molar-refractivity contribution in [2.75, 3.05) is 11.9 Å². The van der Waals surface area contributed by atoms with Gasteiger partial charge >= 0.3 is 6.03 Å². The molecular weight excluding hydrogens is 272 g/mol. The second-order valence-corrected chi connectivity index (χ2v) is 5.72. The Bertz CT molecular complexity index is 561. The molecule has 106 valence electrons. The minimum absolute atomic E-state index is 0.192. The smallest absolute Gasteiger partial charge is 0.319 e. The molecule has 0 aliphatic carbocycles. The average Bonchev–Trinajstić information content (AvgIpc) is 2.88. The Hall–Kier alpha value is -1.85. The van der Waals surface area contributed by atoms with Gasteiger partial charge in [0.05, 0.1) is 6.54 Å². The van der Waals surface area contributed by atoms with Crippen LogP contribution in [-0.2, 0) is 0 Å². The number of carbonyl (C=O) groups is 1. The van der Waals surface area contributed by atoms with Gasteiger partial charge in [0.25, 0.3) is 0 Å². The molecule has 5 heteroatoms. The maximum Gasteiger partial charge on any atom is 0.319 e. The number of urea groups is 1. The van der Waals surface area contributed by atoms with Gasteiger partial charge in [0.15, 0.2) is 0 Å². The molecule has 20 heavy (non-hydrogen) atoms. The highest BCUT2D eigenvalue weighted by molar-refractivity contribution is 7.10. The molecule has 2 amide bonds. The van der Waals surface area contributed by atoms with Crippen LogP contribution in [0.4, 0.5) is 10.5 Å². The topological polar surface area (TPSA) is 61.4 Å². The van der Waals surface area contributed by atoms with Crippen molar-refractivity contribution in [3.8, 4) is 0 Å². The summed E-state index contributed by atoms with van der Waals surface area (Å²) in [5, 5.41) is 17.2. The molecule has 1 aromatic heterocycles. The van der Waals surface area contributed by atoms with Crippen LogP contribution in [0.5, 0.6) is 0 Å². The Balaban J connectivity index is 1.86. The molecule has 0 saturated carbocycles. The monoisotopic (exact) mass is 290 g/mol. The molecule has 4 nitrogen and oxygen atoms in total. The number of anilines is 1. The van der Waals surface area contributed by atoms with Crippen LogP contribution in [0.15, 0.2) is 35.7 Å². The molecule has 0 fully saturated rings. The first-order valence-electron chi connectivity index (χ1n) is 6.39. The van der Waals surface area contributed by atoms with Crippen molar-refractivity contribution < 1.29 is 9.90 Å². The number of aliphatic hydroxyl groups excluding tert-OH is 1. The number of rotatable bonds is 4. The van der Waals surface area contributed by atoms with Gasteiger partial charge in [-0.05, 0) is 48.6 Å². The number of amides is 2. The van der Waals surface area contributed by atoms with Crippen LogP contribution < -0.4 is 10.6 Å². The standard InChI is InChI=1S/C15H18N2O2S/c1-10-6-11(2)8-12(7-10)17-15(19)16-9-13(18)14-4-3-5-20-14/h3-8,13,18H,9H2,1-2H3,(H2,16,17,19). The highest BCUT2D eigenvalue weighted by Gasteiger charge is 2.10. The predicted molar refractivity (Wildman–Crippen MR) is 82.2 cm³/mol. The average molecular weight is 290 g/mol. The summed E-state index contributed by atoms with van der Waals surface area (Å²) in [6, 6.07) is 9.26. The van der Waals surface area contributed by atoms with Gasteiger partial charge in [0.2, 0.25) is 0 Å². The van der Waals surface area contributed by atoms with E-state index < -0.39 is 6.10 Å². The van der Waals surface area contributed by atoms with E-state index in [2.05, 4.69) is 10.6 Å². The van der Waals surface area contributed by atoms with Gasteiger partial charge in [0, 0.05) is 10.6 Å². The van der Waals surface area contributed by atoms with Gasteiger partial charge in [-0.3, -0.25) is 0 Å². The van der Waals surface area contributed by atoms with Crippen LogP contribution in [-0.4, -0.2) is 17.7 Å². The van der Waals surface area contributed by atoms with E-state index in [0.29, 0.717) is 0 Å². The Kier molecular flexibility index (Phi) is 4.76. The zero-order valence-corrected chi connectivity index (χ0v) is 12.3. The van der Waals surface area contributed by atoms with E-state index in [1.807, 2.05) is 49.6 Å². The van der Waals surface area contributed by atoms with Crippen LogP contribution in [0.3, 0.4) is 0 Å². The summed E-state index contributed by atoms with van der Waals surface area (Å²) in [5.41, 5.74) is 2.95. The highest BCUT2D eigenvalue weighted by atomic mass is 32.1. The molecular formula is C15H18N2O2S. The van der Waals surface area contributed by atoms with Crippen LogP contribution in [0.25, 0.3) is 0 Å². The lowest BCUT2D eigenvalue weighted by molar-refractivity contribution is 0.178. The maximum atomic E-state index is 11.8. The van der Waals surface area contributed by atoms with Gasteiger partial charge < -0.3 is 15.7 Å². The molecule has 0 aliphatic heterocycles. The third-order valence-electron chi connectivity index (χ3n) is 2.81. The molecule has 1 atom stereocenters. The van der Waals surface area contributed by atoms with Crippen molar-refractivity contribution in [2.45, 2.75) is 20.0 Å². The minimum atomic E-state index is -0.667. The van der Waals surface area contributed by atoms with Gasteiger partial charge in [-0.2, -0.15) is 0 Å². The fourth-order valence-corrected chi connectivity index (χ4v) is 2.70. The van der Waals surface area contributed by atoms with Crippen LogP contribution >= 0.6 is 11.3 Å². The summed E-state index contributed by atoms with van der Waals surface area (Å²) in [6.07, 6.45) is -0.667. The molecule has 0 spiro atoms. The molecule has 0 saturated heterocycles. The summed E-state index contributed by atoms with van der Waals surface area (Å²) in [5.74, 6) is 0. The van der Waals surface area contributed by atoms with Crippen molar-refractivity contribution in [3.63, 3.8) is 0 Å². The van der Waals surface area contributed by atoms with Crippen LogP contribution in [0, 0.1) is 13.8 Å². The van der Waals surface area contributed by atoms with Crippen molar-refractivity contribution in [2.24, 2.45) is 0 Å². The van der Waals surface area contributed by atoms with E-state index in [1.165, 1.54) is 11.3 Å². The van der Waals surface area contributed by atoms with Crippen LogP contribution in [0.2, 0.25) is 0 Å². The first kappa shape index (κ1) is 14.6. The zero-order chi connectivity index (χ0) is 14.5. The zero-order valence-electron chi connectivity index (χ0n) is 11.5. The van der Waals surface area contributed by atoms with Crippen molar-refractivity contribution >= 4 is 23.1 Å². The van der Waals surface area contributed by atoms with Crippen molar-refractivity contribution in [1.82, 2.24) is 5.32 Å². The second kappa shape index (κ2) is 6.54. The van der Waals surface area contributed by atoms with E-state index in [0.717, 1.165) is 21.7 Å². The number of nitrogens with one attached hydrogen (secondary N) is 2. The maximum absolute atomic E-state index is 11.8. The number of aryl methyl sites for hydroxylation is 2. The lowest BCUT2D eigenvalue weighted by atomic mass is 10.1. The fraction of sp³-hybridized carbons (Fsp3) is 0.267. The molecule has 1 aromatic carbocycles.